The molecule has 12 rings (SSSR count). The van der Waals surface area contributed by atoms with Gasteiger partial charge >= 0.3 is 0 Å². The number of allylic oxidation sites excluding steroid dienone is 1. The Morgan fingerprint density at radius 2 is 0.757 bits per heavy atom. The van der Waals surface area contributed by atoms with Gasteiger partial charge in [-0.05, 0) is 108 Å². The van der Waals surface area contributed by atoms with Crippen LogP contribution in [0.5, 0.6) is 0 Å². The minimum absolute atomic E-state index is 0.261. The van der Waals surface area contributed by atoms with E-state index in [2.05, 4.69) is 209 Å². The highest BCUT2D eigenvalue weighted by Crippen LogP contribution is 2.37. The first-order valence-electron chi connectivity index (χ1n) is 23.5. The van der Waals surface area contributed by atoms with Crippen LogP contribution in [0, 0.1) is 0 Å². The van der Waals surface area contributed by atoms with E-state index in [4.69, 9.17) is 15.0 Å². The quantitative estimate of drug-likeness (QED) is 0.148. The molecule has 6 heteroatoms. The van der Waals surface area contributed by atoms with Crippen molar-refractivity contribution in [2.24, 2.45) is 4.99 Å². The number of hydrogen-bond acceptors (Lipinski definition) is 6. The van der Waals surface area contributed by atoms with E-state index in [1.807, 2.05) is 48.8 Å². The van der Waals surface area contributed by atoms with Gasteiger partial charge in [0.15, 0.2) is 5.82 Å². The SMILES string of the molecule is C1=C(c2ccc(-c3cccc4c(-c5ccc(-c6cc(-c7ccc(-c8ccccc8)cc7)nc(-c7ccncc7)n6)cc5)cccc34)cc2)NC(c2ccncc2)N=C1c1ccc(-c2ccccc2)cc1. The molecule has 0 aliphatic carbocycles. The fourth-order valence-electron chi connectivity index (χ4n) is 9.33. The van der Waals surface area contributed by atoms with Crippen LogP contribution in [0.1, 0.15) is 22.9 Å². The highest BCUT2D eigenvalue weighted by Gasteiger charge is 2.20. The third-order valence-corrected chi connectivity index (χ3v) is 13.0. The molecule has 1 N–H and O–H groups in total. The topological polar surface area (TPSA) is 76.0 Å². The second-order valence-corrected chi connectivity index (χ2v) is 17.3. The molecule has 0 saturated carbocycles. The Hall–Kier alpha value is -9.39. The minimum atomic E-state index is -0.261. The smallest absolute Gasteiger partial charge is 0.160 e. The van der Waals surface area contributed by atoms with Crippen molar-refractivity contribution in [3.05, 3.63) is 272 Å². The molecular weight excluding hydrogens is 853 g/mol. The Morgan fingerprint density at radius 1 is 0.329 bits per heavy atom. The van der Waals surface area contributed by atoms with Gasteiger partial charge in [0.25, 0.3) is 0 Å². The summed E-state index contributed by atoms with van der Waals surface area (Å²) in [4.78, 5) is 23.8. The Bertz CT molecular complexity index is 3670. The zero-order valence-corrected chi connectivity index (χ0v) is 38.1. The lowest BCUT2D eigenvalue weighted by molar-refractivity contribution is 0.663. The molecule has 70 heavy (non-hydrogen) atoms. The van der Waals surface area contributed by atoms with Crippen molar-refractivity contribution in [2.45, 2.75) is 6.17 Å². The summed E-state index contributed by atoms with van der Waals surface area (Å²) in [6.07, 6.45) is 9.10. The van der Waals surface area contributed by atoms with E-state index in [1.54, 1.807) is 12.4 Å². The minimum Gasteiger partial charge on any atom is -0.360 e. The lowest BCUT2D eigenvalue weighted by Gasteiger charge is -2.25. The number of nitrogens with zero attached hydrogens (tertiary/aromatic N) is 5. The maximum Gasteiger partial charge on any atom is 0.160 e. The zero-order valence-electron chi connectivity index (χ0n) is 38.1. The molecule has 1 aliphatic heterocycles. The molecule has 11 aromatic rings. The van der Waals surface area contributed by atoms with E-state index in [-0.39, 0.29) is 6.17 Å². The van der Waals surface area contributed by atoms with Crippen molar-refractivity contribution in [1.29, 1.82) is 0 Å². The predicted octanol–water partition coefficient (Wildman–Crippen LogP) is 15.2. The maximum atomic E-state index is 5.19. The molecule has 1 unspecified atom stereocenters. The van der Waals surface area contributed by atoms with Crippen molar-refractivity contribution in [3.63, 3.8) is 0 Å². The van der Waals surface area contributed by atoms with E-state index in [1.165, 1.54) is 38.6 Å². The summed E-state index contributed by atoms with van der Waals surface area (Å²) in [5.74, 6) is 0.658. The largest absolute Gasteiger partial charge is 0.360 e. The average molecular weight is 897 g/mol. The number of benzene rings is 8. The highest BCUT2D eigenvalue weighted by molar-refractivity contribution is 6.13. The van der Waals surface area contributed by atoms with Gasteiger partial charge in [0, 0.05) is 47.2 Å². The monoisotopic (exact) mass is 896 g/mol. The van der Waals surface area contributed by atoms with E-state index < -0.39 is 0 Å². The van der Waals surface area contributed by atoms with Gasteiger partial charge in [-0.15, -0.1) is 0 Å². The summed E-state index contributed by atoms with van der Waals surface area (Å²) in [6.45, 7) is 0. The fraction of sp³-hybridized carbons (Fsp3) is 0.0156. The first kappa shape index (κ1) is 42.0. The molecule has 0 radical (unpaired) electrons. The van der Waals surface area contributed by atoms with Gasteiger partial charge < -0.3 is 5.32 Å². The Balaban J connectivity index is 0.836. The fourth-order valence-corrected chi connectivity index (χ4v) is 9.33. The van der Waals surface area contributed by atoms with Crippen LogP contribution in [-0.2, 0) is 0 Å². The standard InChI is InChI=1S/C64H44N6/c1-3-9-43(10-4-1)45-17-25-49(26-18-45)59-41-61(69-63(67-59)53-33-37-65-38-34-53)51-29-21-47(22-30-51)55-13-7-16-58-56(14-8-15-57(55)58)48-23-31-52(32-24-48)62-42-60(68-64(70-62)54-35-39-66-40-36-54)50-27-19-46(20-28-50)44-11-5-2-6-12-44/h1-42,63,69H. The molecule has 0 amide bonds. The maximum absolute atomic E-state index is 5.19. The van der Waals surface area contributed by atoms with Crippen LogP contribution in [0.15, 0.2) is 260 Å². The average Bonchev–Trinajstić information content (AvgIpc) is 3.45. The summed E-state index contributed by atoms with van der Waals surface area (Å²) in [6, 6.07) is 79.0. The third kappa shape index (κ3) is 8.58. The number of aliphatic imine (C=N–C) groups is 1. The van der Waals surface area contributed by atoms with E-state index in [9.17, 15) is 0 Å². The van der Waals surface area contributed by atoms with Crippen LogP contribution in [-0.4, -0.2) is 25.6 Å². The number of hydrogen-bond donors (Lipinski definition) is 1. The van der Waals surface area contributed by atoms with Crippen molar-refractivity contribution in [3.8, 4) is 78.4 Å². The lowest BCUT2D eigenvalue weighted by Crippen LogP contribution is -2.24. The lowest BCUT2D eigenvalue weighted by atomic mass is 9.92. The second-order valence-electron chi connectivity index (χ2n) is 17.3. The van der Waals surface area contributed by atoms with Gasteiger partial charge in [-0.2, -0.15) is 0 Å². The zero-order chi connectivity index (χ0) is 46.6. The second kappa shape index (κ2) is 18.7. The normalized spacial score (nSPS) is 13.3. The van der Waals surface area contributed by atoms with Gasteiger partial charge in [0.2, 0.25) is 0 Å². The number of fused-ring (bicyclic) bond motifs is 1. The molecule has 0 saturated heterocycles. The predicted molar refractivity (Wildman–Crippen MR) is 286 cm³/mol. The van der Waals surface area contributed by atoms with Crippen LogP contribution < -0.4 is 5.32 Å². The van der Waals surface area contributed by atoms with Crippen LogP contribution in [0.3, 0.4) is 0 Å². The first-order chi connectivity index (χ1) is 34.7. The number of nitrogens with one attached hydrogen (secondary N) is 1. The molecule has 1 atom stereocenters. The molecule has 6 nitrogen and oxygen atoms in total. The Morgan fingerprint density at radius 3 is 1.27 bits per heavy atom. The molecule has 0 fully saturated rings. The van der Waals surface area contributed by atoms with E-state index >= 15 is 0 Å². The van der Waals surface area contributed by atoms with Gasteiger partial charge in [-0.1, -0.05) is 194 Å². The highest BCUT2D eigenvalue weighted by atomic mass is 15.1. The number of aromatic nitrogens is 4. The Kier molecular flexibility index (Phi) is 11.2. The molecule has 4 heterocycles. The summed E-state index contributed by atoms with van der Waals surface area (Å²) in [5, 5.41) is 6.10. The first-order valence-corrected chi connectivity index (χ1v) is 23.5. The van der Waals surface area contributed by atoms with Crippen LogP contribution in [0.4, 0.5) is 0 Å². The Labute approximate surface area is 407 Å². The summed E-state index contributed by atoms with van der Waals surface area (Å²) < 4.78 is 0. The van der Waals surface area contributed by atoms with Crippen LogP contribution >= 0.6 is 0 Å². The molecular formula is C64H44N6. The van der Waals surface area contributed by atoms with Crippen molar-refractivity contribution in [2.75, 3.05) is 0 Å². The third-order valence-electron chi connectivity index (χ3n) is 13.0. The summed E-state index contributed by atoms with van der Waals surface area (Å²) in [5.41, 5.74) is 19.1. The van der Waals surface area contributed by atoms with Gasteiger partial charge in [-0.25, -0.2) is 9.97 Å². The molecule has 0 spiro atoms. The van der Waals surface area contributed by atoms with E-state index in [0.717, 1.165) is 72.9 Å². The molecule has 8 aromatic carbocycles. The van der Waals surface area contributed by atoms with Crippen molar-refractivity contribution >= 4 is 22.2 Å². The van der Waals surface area contributed by atoms with Crippen LogP contribution in [0.2, 0.25) is 0 Å². The van der Waals surface area contributed by atoms with Crippen molar-refractivity contribution < 1.29 is 0 Å². The van der Waals surface area contributed by atoms with Gasteiger partial charge in [-0.3, -0.25) is 15.0 Å². The molecule has 0 bridgehead atoms. The number of rotatable bonds is 10. The summed E-state index contributed by atoms with van der Waals surface area (Å²) >= 11 is 0. The van der Waals surface area contributed by atoms with Crippen LogP contribution in [0.25, 0.3) is 94.9 Å². The van der Waals surface area contributed by atoms with Gasteiger partial charge in [0.1, 0.15) is 6.17 Å². The number of pyridine rings is 2. The molecule has 3 aromatic heterocycles. The van der Waals surface area contributed by atoms with Crippen molar-refractivity contribution in [1.82, 2.24) is 25.3 Å². The summed E-state index contributed by atoms with van der Waals surface area (Å²) in [7, 11) is 0. The molecule has 330 valence electrons. The van der Waals surface area contributed by atoms with E-state index in [0.29, 0.717) is 5.82 Å². The van der Waals surface area contributed by atoms with Gasteiger partial charge in [0.05, 0.1) is 17.1 Å². The molecule has 1 aliphatic rings.